The van der Waals surface area contributed by atoms with Crippen LogP contribution in [-0.2, 0) is 16.6 Å². The second-order valence-electron chi connectivity index (χ2n) is 4.99. The van der Waals surface area contributed by atoms with E-state index in [9.17, 15) is 8.42 Å². The topological polar surface area (TPSA) is 66.1 Å². The van der Waals surface area contributed by atoms with Crippen molar-refractivity contribution in [3.8, 4) is 0 Å². The van der Waals surface area contributed by atoms with E-state index in [1.54, 1.807) is 6.92 Å². The molecule has 5 nitrogen and oxygen atoms in total. The van der Waals surface area contributed by atoms with Crippen LogP contribution in [0.25, 0.3) is 0 Å². The average Bonchev–Trinajstić information content (AvgIpc) is 2.83. The minimum Gasteiger partial charge on any atom is -0.281 e. The molecule has 2 rings (SSSR count). The van der Waals surface area contributed by atoms with Gasteiger partial charge in [-0.15, -0.1) is 0 Å². The van der Waals surface area contributed by atoms with E-state index in [1.165, 1.54) is 10.5 Å². The summed E-state index contributed by atoms with van der Waals surface area (Å²) in [5, 5.41) is 6.48. The van der Waals surface area contributed by atoms with Crippen molar-refractivity contribution in [1.29, 1.82) is 0 Å². The highest BCUT2D eigenvalue weighted by Crippen LogP contribution is 2.22. The summed E-state index contributed by atoms with van der Waals surface area (Å²) in [7, 11) is -3.55. The number of nitrogens with one attached hydrogen (secondary N) is 1. The van der Waals surface area contributed by atoms with Crippen LogP contribution in [0, 0.1) is 6.92 Å². The second-order valence-corrected chi connectivity index (χ2v) is 6.85. The molecule has 0 aliphatic rings. The summed E-state index contributed by atoms with van der Waals surface area (Å²) in [5.74, 6) is 0. The Morgan fingerprint density at radius 1 is 1.25 bits per heavy atom. The van der Waals surface area contributed by atoms with Gasteiger partial charge in [0.1, 0.15) is 4.90 Å². The predicted molar refractivity (Wildman–Crippen MR) is 77.6 cm³/mol. The van der Waals surface area contributed by atoms with Gasteiger partial charge in [0, 0.05) is 12.6 Å². The Labute approximate surface area is 119 Å². The second kappa shape index (κ2) is 5.76. The molecule has 0 aliphatic heterocycles. The maximum atomic E-state index is 12.7. The van der Waals surface area contributed by atoms with E-state index in [0.29, 0.717) is 12.2 Å². The van der Waals surface area contributed by atoms with Crippen molar-refractivity contribution in [2.45, 2.75) is 38.3 Å². The molecule has 0 radical (unpaired) electrons. The minimum atomic E-state index is -3.55. The van der Waals surface area contributed by atoms with Crippen molar-refractivity contribution >= 4 is 10.0 Å². The van der Waals surface area contributed by atoms with Crippen molar-refractivity contribution in [2.75, 3.05) is 0 Å². The molecule has 108 valence electrons. The van der Waals surface area contributed by atoms with Crippen molar-refractivity contribution in [2.24, 2.45) is 0 Å². The minimum absolute atomic E-state index is 0.130. The van der Waals surface area contributed by atoms with Gasteiger partial charge in [0.25, 0.3) is 0 Å². The molecule has 0 atom stereocenters. The van der Waals surface area contributed by atoms with E-state index in [0.717, 1.165) is 5.56 Å². The molecule has 0 unspecified atom stereocenters. The van der Waals surface area contributed by atoms with Gasteiger partial charge in [-0.2, -0.15) is 9.40 Å². The lowest BCUT2D eigenvalue weighted by Crippen LogP contribution is -2.36. The average molecular weight is 293 g/mol. The summed E-state index contributed by atoms with van der Waals surface area (Å²) in [6.45, 7) is 5.80. The molecule has 0 spiro atoms. The Morgan fingerprint density at radius 3 is 2.40 bits per heavy atom. The van der Waals surface area contributed by atoms with E-state index in [4.69, 9.17) is 0 Å². The molecule has 6 heteroatoms. The van der Waals surface area contributed by atoms with Gasteiger partial charge in [0.15, 0.2) is 0 Å². The number of sulfonamides is 1. The summed E-state index contributed by atoms with van der Waals surface area (Å²) in [6.07, 6.45) is 1.37. The number of hydrogen-bond acceptors (Lipinski definition) is 3. The molecular weight excluding hydrogens is 274 g/mol. The highest BCUT2D eigenvalue weighted by atomic mass is 32.2. The van der Waals surface area contributed by atoms with Crippen molar-refractivity contribution in [1.82, 2.24) is 14.5 Å². The van der Waals surface area contributed by atoms with E-state index >= 15 is 0 Å². The van der Waals surface area contributed by atoms with Gasteiger partial charge in [-0.05, 0) is 26.3 Å². The third-order valence-corrected chi connectivity index (χ3v) is 5.26. The van der Waals surface area contributed by atoms with E-state index in [2.05, 4.69) is 10.2 Å². The molecule has 2 aromatic rings. The van der Waals surface area contributed by atoms with Crippen molar-refractivity contribution in [3.63, 3.8) is 0 Å². The summed E-state index contributed by atoms with van der Waals surface area (Å²) in [4.78, 5) is 0.238. The molecule has 20 heavy (non-hydrogen) atoms. The Kier molecular flexibility index (Phi) is 4.25. The Morgan fingerprint density at radius 2 is 1.90 bits per heavy atom. The van der Waals surface area contributed by atoms with Crippen LogP contribution in [0.5, 0.6) is 0 Å². The van der Waals surface area contributed by atoms with Crippen LogP contribution >= 0.6 is 0 Å². The zero-order valence-electron chi connectivity index (χ0n) is 11.9. The number of aryl methyl sites for hydroxylation is 1. The first kappa shape index (κ1) is 14.7. The molecule has 1 heterocycles. The fourth-order valence-electron chi connectivity index (χ4n) is 2.03. The summed E-state index contributed by atoms with van der Waals surface area (Å²) in [6, 6.07) is 9.44. The highest BCUT2D eigenvalue weighted by Gasteiger charge is 2.29. The number of hydrogen-bond donors (Lipinski definition) is 1. The normalized spacial score (nSPS) is 12.2. The molecule has 0 bridgehead atoms. The quantitative estimate of drug-likeness (QED) is 0.920. The fourth-order valence-corrected chi connectivity index (χ4v) is 3.78. The molecule has 0 fully saturated rings. The largest absolute Gasteiger partial charge is 0.281 e. The van der Waals surface area contributed by atoms with E-state index < -0.39 is 10.0 Å². The zero-order valence-corrected chi connectivity index (χ0v) is 12.7. The van der Waals surface area contributed by atoms with E-state index in [1.807, 2.05) is 44.2 Å². The fraction of sp³-hybridized carbons (Fsp3) is 0.357. The maximum Gasteiger partial charge on any atom is 0.246 e. The predicted octanol–water partition coefficient (Wildman–Crippen LogP) is 2.32. The number of benzene rings is 1. The van der Waals surface area contributed by atoms with Crippen LogP contribution in [0.4, 0.5) is 0 Å². The summed E-state index contributed by atoms with van der Waals surface area (Å²) < 4.78 is 26.9. The molecule has 0 aliphatic carbocycles. The van der Waals surface area contributed by atoms with Crippen LogP contribution in [0.15, 0.2) is 41.4 Å². The SMILES string of the molecule is Cc1[nH]ncc1S(=O)(=O)N(Cc1ccccc1)C(C)C. The van der Waals surface area contributed by atoms with Crippen molar-refractivity contribution < 1.29 is 8.42 Å². The number of rotatable bonds is 5. The van der Waals surface area contributed by atoms with E-state index in [-0.39, 0.29) is 10.9 Å². The maximum absolute atomic E-state index is 12.7. The van der Waals surface area contributed by atoms with Crippen LogP contribution in [0.1, 0.15) is 25.1 Å². The van der Waals surface area contributed by atoms with Crippen LogP contribution in [-0.4, -0.2) is 29.0 Å². The molecule has 1 N–H and O–H groups in total. The van der Waals surface area contributed by atoms with Gasteiger partial charge in [-0.3, -0.25) is 5.10 Å². The zero-order chi connectivity index (χ0) is 14.8. The van der Waals surface area contributed by atoms with Gasteiger partial charge in [0.2, 0.25) is 10.0 Å². The standard InChI is InChI=1S/C14H19N3O2S/c1-11(2)17(10-13-7-5-4-6-8-13)20(18,19)14-9-15-16-12(14)3/h4-9,11H,10H2,1-3H3,(H,15,16). The molecule has 0 saturated heterocycles. The molecule has 0 saturated carbocycles. The van der Waals surface area contributed by atoms with Gasteiger partial charge < -0.3 is 0 Å². The lowest BCUT2D eigenvalue weighted by Gasteiger charge is -2.25. The Hall–Kier alpha value is -1.66. The molecular formula is C14H19N3O2S. The van der Waals surface area contributed by atoms with Crippen LogP contribution < -0.4 is 0 Å². The number of aromatic nitrogens is 2. The number of aromatic amines is 1. The van der Waals surface area contributed by atoms with Crippen molar-refractivity contribution in [3.05, 3.63) is 47.8 Å². The first-order chi connectivity index (χ1) is 9.43. The third-order valence-electron chi connectivity index (χ3n) is 3.13. The molecule has 1 aromatic carbocycles. The van der Waals surface area contributed by atoms with Gasteiger partial charge in [-0.25, -0.2) is 8.42 Å². The lowest BCUT2D eigenvalue weighted by atomic mass is 10.2. The highest BCUT2D eigenvalue weighted by molar-refractivity contribution is 7.89. The van der Waals surface area contributed by atoms with Gasteiger partial charge in [-0.1, -0.05) is 30.3 Å². The van der Waals surface area contributed by atoms with Gasteiger partial charge in [0.05, 0.1) is 11.9 Å². The monoisotopic (exact) mass is 293 g/mol. The third kappa shape index (κ3) is 2.91. The molecule has 0 amide bonds. The lowest BCUT2D eigenvalue weighted by molar-refractivity contribution is 0.348. The van der Waals surface area contributed by atoms with Gasteiger partial charge >= 0.3 is 0 Å². The Balaban J connectivity index is 2.37. The number of H-pyrrole nitrogens is 1. The van der Waals surface area contributed by atoms with Crippen LogP contribution in [0.3, 0.4) is 0 Å². The van der Waals surface area contributed by atoms with Crippen LogP contribution in [0.2, 0.25) is 0 Å². The Bertz CT molecular complexity index is 663. The summed E-state index contributed by atoms with van der Waals surface area (Å²) in [5.41, 5.74) is 1.52. The first-order valence-corrected chi connectivity index (χ1v) is 7.92. The molecule has 1 aromatic heterocycles. The number of nitrogens with zero attached hydrogens (tertiary/aromatic N) is 2. The first-order valence-electron chi connectivity index (χ1n) is 6.48. The summed E-state index contributed by atoms with van der Waals surface area (Å²) >= 11 is 0. The smallest absolute Gasteiger partial charge is 0.246 e.